The van der Waals surface area contributed by atoms with Gasteiger partial charge in [0.1, 0.15) is 17.7 Å². The molecule has 0 aliphatic carbocycles. The van der Waals surface area contributed by atoms with Crippen molar-refractivity contribution in [2.45, 2.75) is 58.7 Å². The largest absolute Gasteiger partial charge is 0.444 e. The van der Waals surface area contributed by atoms with Crippen molar-refractivity contribution in [3.8, 4) is 0 Å². The minimum atomic E-state index is -1.37. The van der Waals surface area contributed by atoms with Crippen LogP contribution in [0.15, 0.2) is 73.3 Å². The second-order valence-corrected chi connectivity index (χ2v) is 11.0. The average molecular weight is 559 g/mol. The first kappa shape index (κ1) is 30.9. The number of benzene rings is 3. The average Bonchev–Trinajstić information content (AvgIpc) is 2.85. The molecule has 3 aromatic rings. The van der Waals surface area contributed by atoms with Crippen LogP contribution in [-0.2, 0) is 19.1 Å². The predicted octanol–water partition coefficient (Wildman–Crippen LogP) is 4.92. The summed E-state index contributed by atoms with van der Waals surface area (Å²) in [6.07, 6.45) is 0.0997. The number of carbonyl (C=O) groups is 4. The molecular formula is C32H38N4O5. The highest BCUT2D eigenvalue weighted by Crippen LogP contribution is 2.28. The number of ether oxygens (including phenoxy) is 1. The zero-order valence-corrected chi connectivity index (χ0v) is 24.2. The van der Waals surface area contributed by atoms with Crippen molar-refractivity contribution in [2.75, 3.05) is 11.9 Å². The van der Waals surface area contributed by atoms with E-state index >= 15 is 0 Å². The van der Waals surface area contributed by atoms with Gasteiger partial charge in [-0.3, -0.25) is 14.4 Å². The Hall–Kier alpha value is -4.66. The standard InChI is InChI=1S/C32H38N4O5/c1-7-14-36(30(39)26(19-27(33)37)35-31(40)41-32(4,5)6)28(24-16-20(2)15-21(3)17-24)29(38)34-25-13-12-22-10-8-9-11-23(22)18-25/h7-13,15-18,26,28H,1,14,19H2,2-6H3,(H2,33,37)(H,34,38)(H,35,40). The summed E-state index contributed by atoms with van der Waals surface area (Å²) in [5, 5.41) is 7.36. The Morgan fingerprint density at radius 1 is 0.976 bits per heavy atom. The van der Waals surface area contributed by atoms with E-state index < -0.39 is 47.9 Å². The quantitative estimate of drug-likeness (QED) is 0.304. The van der Waals surface area contributed by atoms with E-state index in [9.17, 15) is 19.2 Å². The van der Waals surface area contributed by atoms with Crippen LogP contribution in [0.4, 0.5) is 10.5 Å². The molecule has 4 amide bonds. The van der Waals surface area contributed by atoms with Crippen LogP contribution in [0.3, 0.4) is 0 Å². The van der Waals surface area contributed by atoms with Crippen LogP contribution in [0.1, 0.15) is 49.9 Å². The number of hydrogen-bond donors (Lipinski definition) is 3. The monoisotopic (exact) mass is 558 g/mol. The summed E-state index contributed by atoms with van der Waals surface area (Å²) in [5.41, 5.74) is 7.51. The normalized spacial score (nSPS) is 12.6. The number of aryl methyl sites for hydroxylation is 2. The van der Waals surface area contributed by atoms with Crippen LogP contribution in [-0.4, -0.2) is 46.9 Å². The molecule has 0 aromatic heterocycles. The molecule has 3 aromatic carbocycles. The smallest absolute Gasteiger partial charge is 0.408 e. The summed E-state index contributed by atoms with van der Waals surface area (Å²) in [6.45, 7) is 12.5. The lowest BCUT2D eigenvalue weighted by atomic mass is 9.98. The van der Waals surface area contributed by atoms with Crippen molar-refractivity contribution < 1.29 is 23.9 Å². The van der Waals surface area contributed by atoms with E-state index in [2.05, 4.69) is 17.2 Å². The van der Waals surface area contributed by atoms with Gasteiger partial charge in [-0.15, -0.1) is 6.58 Å². The highest BCUT2D eigenvalue weighted by atomic mass is 16.6. The van der Waals surface area contributed by atoms with Gasteiger partial charge in [0.05, 0.1) is 6.42 Å². The van der Waals surface area contributed by atoms with Gasteiger partial charge in [-0.05, 0) is 63.1 Å². The molecule has 0 saturated carbocycles. The van der Waals surface area contributed by atoms with Gasteiger partial charge >= 0.3 is 6.09 Å². The van der Waals surface area contributed by atoms with Crippen LogP contribution in [0, 0.1) is 13.8 Å². The Morgan fingerprint density at radius 2 is 1.61 bits per heavy atom. The molecule has 41 heavy (non-hydrogen) atoms. The number of nitrogens with zero attached hydrogens (tertiary/aromatic N) is 1. The van der Waals surface area contributed by atoms with Crippen molar-refractivity contribution in [1.29, 1.82) is 0 Å². The topological polar surface area (TPSA) is 131 Å². The first-order valence-electron chi connectivity index (χ1n) is 13.3. The van der Waals surface area contributed by atoms with Crippen LogP contribution in [0.5, 0.6) is 0 Å². The van der Waals surface area contributed by atoms with Crippen molar-refractivity contribution in [3.63, 3.8) is 0 Å². The number of nitrogens with two attached hydrogens (primary N) is 1. The van der Waals surface area contributed by atoms with E-state index in [0.29, 0.717) is 11.3 Å². The number of alkyl carbamates (subject to hydrolysis) is 1. The lowest BCUT2D eigenvalue weighted by Gasteiger charge is -2.34. The molecule has 9 heteroatoms. The summed E-state index contributed by atoms with van der Waals surface area (Å²) in [7, 11) is 0. The Balaban J connectivity index is 2.05. The number of hydrogen-bond acceptors (Lipinski definition) is 5. The molecule has 0 saturated heterocycles. The zero-order valence-electron chi connectivity index (χ0n) is 24.2. The summed E-state index contributed by atoms with van der Waals surface area (Å²) in [4.78, 5) is 53.8. The molecule has 0 heterocycles. The SMILES string of the molecule is C=CCN(C(=O)C(CC(N)=O)NC(=O)OC(C)(C)C)C(C(=O)Nc1ccc2ccccc2c1)c1cc(C)cc(C)c1. The van der Waals surface area contributed by atoms with E-state index in [1.807, 2.05) is 68.4 Å². The summed E-state index contributed by atoms with van der Waals surface area (Å²) >= 11 is 0. The second-order valence-electron chi connectivity index (χ2n) is 11.0. The maximum Gasteiger partial charge on any atom is 0.408 e. The third kappa shape index (κ3) is 8.66. The summed E-state index contributed by atoms with van der Waals surface area (Å²) < 4.78 is 5.31. The molecule has 4 N–H and O–H groups in total. The second kappa shape index (κ2) is 13.1. The minimum Gasteiger partial charge on any atom is -0.444 e. The molecule has 0 radical (unpaired) electrons. The first-order chi connectivity index (χ1) is 19.3. The molecule has 0 aliphatic rings. The molecule has 0 spiro atoms. The predicted molar refractivity (Wildman–Crippen MR) is 160 cm³/mol. The van der Waals surface area contributed by atoms with Gasteiger partial charge in [0, 0.05) is 12.2 Å². The van der Waals surface area contributed by atoms with Crippen molar-refractivity contribution in [1.82, 2.24) is 10.2 Å². The fraction of sp³-hybridized carbons (Fsp3) is 0.312. The lowest BCUT2D eigenvalue weighted by molar-refractivity contribution is -0.141. The Bertz CT molecular complexity index is 1440. The van der Waals surface area contributed by atoms with E-state index in [4.69, 9.17) is 10.5 Å². The number of primary amides is 1. The maximum atomic E-state index is 14.0. The van der Waals surface area contributed by atoms with E-state index in [1.54, 1.807) is 26.8 Å². The molecule has 0 bridgehead atoms. The third-order valence-electron chi connectivity index (χ3n) is 6.14. The molecule has 9 nitrogen and oxygen atoms in total. The van der Waals surface area contributed by atoms with E-state index in [0.717, 1.165) is 21.9 Å². The molecular weight excluding hydrogens is 520 g/mol. The number of fused-ring (bicyclic) bond motifs is 1. The number of nitrogens with one attached hydrogen (secondary N) is 2. The number of rotatable bonds is 10. The number of carbonyl (C=O) groups excluding carboxylic acids is 4. The van der Waals surface area contributed by atoms with Gasteiger partial charge < -0.3 is 26.0 Å². The Morgan fingerprint density at radius 3 is 2.20 bits per heavy atom. The van der Waals surface area contributed by atoms with Gasteiger partial charge in [0.2, 0.25) is 11.8 Å². The van der Waals surface area contributed by atoms with Crippen LogP contribution < -0.4 is 16.4 Å². The fourth-order valence-corrected chi connectivity index (χ4v) is 4.63. The minimum absolute atomic E-state index is 0.0487. The Kier molecular flexibility index (Phi) is 9.89. The van der Waals surface area contributed by atoms with E-state index in [1.165, 1.54) is 11.0 Å². The molecule has 0 aliphatic heterocycles. The first-order valence-corrected chi connectivity index (χ1v) is 13.3. The highest BCUT2D eigenvalue weighted by molar-refractivity contribution is 6.01. The van der Waals surface area contributed by atoms with Crippen LogP contribution >= 0.6 is 0 Å². The molecule has 3 rings (SSSR count). The van der Waals surface area contributed by atoms with Crippen molar-refractivity contribution in [2.24, 2.45) is 5.73 Å². The van der Waals surface area contributed by atoms with Crippen molar-refractivity contribution in [3.05, 3.63) is 90.0 Å². The van der Waals surface area contributed by atoms with Gasteiger partial charge in [0.25, 0.3) is 5.91 Å². The van der Waals surface area contributed by atoms with E-state index in [-0.39, 0.29) is 6.54 Å². The molecule has 0 fully saturated rings. The van der Waals surface area contributed by atoms with Crippen LogP contribution in [0.2, 0.25) is 0 Å². The molecule has 2 unspecified atom stereocenters. The zero-order chi connectivity index (χ0) is 30.3. The molecule has 2 atom stereocenters. The Labute approximate surface area is 240 Å². The summed E-state index contributed by atoms with van der Waals surface area (Å²) in [6, 6.07) is 16.4. The van der Waals surface area contributed by atoms with Crippen LogP contribution in [0.25, 0.3) is 10.8 Å². The van der Waals surface area contributed by atoms with Gasteiger partial charge in [-0.2, -0.15) is 0 Å². The number of anilines is 1. The van der Waals surface area contributed by atoms with Gasteiger partial charge in [-0.25, -0.2) is 4.79 Å². The highest BCUT2D eigenvalue weighted by Gasteiger charge is 2.36. The molecule has 216 valence electrons. The van der Waals surface area contributed by atoms with Gasteiger partial charge in [-0.1, -0.05) is 65.7 Å². The third-order valence-corrected chi connectivity index (χ3v) is 6.14. The van der Waals surface area contributed by atoms with Gasteiger partial charge in [0.15, 0.2) is 0 Å². The summed E-state index contributed by atoms with van der Waals surface area (Å²) in [5.74, 6) is -1.97. The maximum absolute atomic E-state index is 14.0. The fourth-order valence-electron chi connectivity index (χ4n) is 4.63. The van der Waals surface area contributed by atoms with Crippen molar-refractivity contribution >= 4 is 40.3 Å². The number of amides is 4. The lowest BCUT2D eigenvalue weighted by Crippen LogP contribution is -2.53.